The van der Waals surface area contributed by atoms with E-state index in [0.29, 0.717) is 47.4 Å². The predicted molar refractivity (Wildman–Crippen MR) is 205 cm³/mol. The molecule has 0 saturated carbocycles. The lowest BCUT2D eigenvalue weighted by Crippen LogP contribution is -2.59. The van der Waals surface area contributed by atoms with Crippen molar-refractivity contribution in [3.8, 4) is 22.6 Å². The molecule has 7 rings (SSSR count). The second-order valence-corrected chi connectivity index (χ2v) is 14.6. The molecule has 2 aliphatic heterocycles. The number of nitrogens with zero attached hydrogens (tertiary/aromatic N) is 5. The number of rotatable bonds is 9. The summed E-state index contributed by atoms with van der Waals surface area (Å²) in [5.74, 6) is -0.941. The van der Waals surface area contributed by atoms with E-state index in [1.807, 2.05) is 77.5 Å². The number of aryl methyl sites for hydroxylation is 5. The fourth-order valence-corrected chi connectivity index (χ4v) is 8.23. The maximum absolute atomic E-state index is 15.0. The van der Waals surface area contributed by atoms with Gasteiger partial charge in [0.1, 0.15) is 17.2 Å². The van der Waals surface area contributed by atoms with Crippen molar-refractivity contribution in [3.63, 3.8) is 0 Å². The molecular weight excluding hydrogens is 717 g/mol. The second-order valence-electron chi connectivity index (χ2n) is 13.9. The number of likely N-dealkylation sites (N-methyl/N-ethyl adjacent to an activating group) is 1. The van der Waals surface area contributed by atoms with Crippen LogP contribution in [0.2, 0.25) is 10.0 Å². The molecule has 2 aromatic heterocycles. The van der Waals surface area contributed by atoms with E-state index in [4.69, 9.17) is 32.7 Å². The van der Waals surface area contributed by atoms with Gasteiger partial charge in [0.2, 0.25) is 0 Å². The maximum atomic E-state index is 15.0. The van der Waals surface area contributed by atoms with Crippen LogP contribution in [0.5, 0.6) is 11.5 Å². The van der Waals surface area contributed by atoms with Crippen LogP contribution >= 0.6 is 23.2 Å². The highest BCUT2D eigenvalue weighted by molar-refractivity contribution is 6.35. The van der Waals surface area contributed by atoms with Gasteiger partial charge >= 0.3 is 5.97 Å². The largest absolute Gasteiger partial charge is 0.494 e. The Hall–Kier alpha value is -5.00. The van der Waals surface area contributed by atoms with E-state index in [2.05, 4.69) is 9.67 Å². The lowest BCUT2D eigenvalue weighted by atomic mass is 9.98. The molecule has 5 aromatic rings. The van der Waals surface area contributed by atoms with Crippen molar-refractivity contribution >= 4 is 57.6 Å². The molecule has 2 amide bonds. The minimum atomic E-state index is -1.30. The fourth-order valence-electron chi connectivity index (χ4n) is 7.87. The van der Waals surface area contributed by atoms with Gasteiger partial charge < -0.3 is 24.0 Å². The van der Waals surface area contributed by atoms with Crippen LogP contribution in [0.25, 0.3) is 22.0 Å². The van der Waals surface area contributed by atoms with Gasteiger partial charge in [-0.2, -0.15) is 5.10 Å². The standard InChI is InChI=1S/C40H41Cl2N5O6/c1-8-45-30-14-11-25(40(50)51)18-31(30)53-39(38(45)49)46-19-22(4)47-35-28(12-13-29(41)33(35)32-23(5)43-44(7)24(32)6)27(36(47)37(46)48)10-9-15-52-26-16-20(2)34(42)21(3)17-26/h11-14,16-18,22,39H,8-10,15,19H2,1-7H3,(H,50,51)/t22?,39-/m1/s1. The first-order valence-corrected chi connectivity index (χ1v) is 18.4. The Bertz CT molecular complexity index is 2320. The lowest BCUT2D eigenvalue weighted by Gasteiger charge is -2.42. The number of carboxylic acids is 1. The third-order valence-corrected chi connectivity index (χ3v) is 11.3. The Morgan fingerprint density at radius 3 is 2.40 bits per heavy atom. The van der Waals surface area contributed by atoms with E-state index in [1.165, 1.54) is 21.9 Å². The Balaban J connectivity index is 1.34. The summed E-state index contributed by atoms with van der Waals surface area (Å²) in [7, 11) is 1.89. The van der Waals surface area contributed by atoms with Crippen LogP contribution in [0.3, 0.4) is 0 Å². The molecule has 276 valence electrons. The molecule has 2 aliphatic rings. The number of anilines is 1. The van der Waals surface area contributed by atoms with Crippen molar-refractivity contribution in [3.05, 3.63) is 91.8 Å². The molecule has 0 aliphatic carbocycles. The number of carbonyl (C=O) groups is 3. The Morgan fingerprint density at radius 2 is 1.75 bits per heavy atom. The predicted octanol–water partition coefficient (Wildman–Crippen LogP) is 8.08. The quantitative estimate of drug-likeness (QED) is 0.151. The Labute approximate surface area is 317 Å². The minimum absolute atomic E-state index is 0.0187. The van der Waals surface area contributed by atoms with E-state index in [9.17, 15) is 19.5 Å². The fraction of sp³-hybridized carbons (Fsp3) is 0.350. The molecular formula is C40H41Cl2N5O6. The minimum Gasteiger partial charge on any atom is -0.494 e. The number of hydrogen-bond donors (Lipinski definition) is 1. The monoisotopic (exact) mass is 757 g/mol. The number of amides is 2. The number of benzene rings is 3. The molecule has 0 radical (unpaired) electrons. The molecule has 53 heavy (non-hydrogen) atoms. The van der Waals surface area contributed by atoms with Crippen molar-refractivity contribution < 1.29 is 29.0 Å². The highest BCUT2D eigenvalue weighted by Crippen LogP contribution is 2.45. The molecule has 0 saturated heterocycles. The number of halogens is 2. The second kappa shape index (κ2) is 13.8. The topological polar surface area (TPSA) is 119 Å². The van der Waals surface area contributed by atoms with Crippen molar-refractivity contribution in [1.29, 1.82) is 0 Å². The summed E-state index contributed by atoms with van der Waals surface area (Å²) < 4.78 is 16.3. The summed E-state index contributed by atoms with van der Waals surface area (Å²) in [4.78, 5) is 43.9. The maximum Gasteiger partial charge on any atom is 0.335 e. The zero-order valence-corrected chi connectivity index (χ0v) is 32.2. The van der Waals surface area contributed by atoms with E-state index in [-0.39, 0.29) is 29.8 Å². The van der Waals surface area contributed by atoms with Crippen LogP contribution in [0.1, 0.15) is 75.2 Å². The number of fused-ring (bicyclic) bond motifs is 4. The Kier molecular flexibility index (Phi) is 9.44. The van der Waals surface area contributed by atoms with Gasteiger partial charge in [-0.15, -0.1) is 0 Å². The molecule has 1 unspecified atom stereocenters. The number of carboxylic acid groups (broad SMARTS) is 1. The highest BCUT2D eigenvalue weighted by Gasteiger charge is 2.45. The summed E-state index contributed by atoms with van der Waals surface area (Å²) in [6.45, 7) is 12.5. The summed E-state index contributed by atoms with van der Waals surface area (Å²) in [5, 5.41) is 16.5. The first kappa shape index (κ1) is 36.4. The third kappa shape index (κ3) is 5.99. The van der Waals surface area contributed by atoms with Gasteiger partial charge in [-0.05, 0) is 107 Å². The zero-order valence-electron chi connectivity index (χ0n) is 30.7. The van der Waals surface area contributed by atoms with Gasteiger partial charge in [-0.3, -0.25) is 19.2 Å². The highest BCUT2D eigenvalue weighted by atomic mass is 35.5. The SMILES string of the molecule is CCN1C(=O)[C@H](N2CC(C)n3c(c(CCCOc4cc(C)c(Cl)c(C)c4)c4ccc(Cl)c(-c5c(C)nn(C)c5C)c43)C2=O)Oc2cc(C(=O)O)ccc21. The summed E-state index contributed by atoms with van der Waals surface area (Å²) in [6, 6.07) is 11.8. The Morgan fingerprint density at radius 1 is 1.04 bits per heavy atom. The van der Waals surface area contributed by atoms with Crippen molar-refractivity contribution in [2.24, 2.45) is 7.05 Å². The van der Waals surface area contributed by atoms with Crippen LogP contribution in [0.15, 0.2) is 42.5 Å². The van der Waals surface area contributed by atoms with E-state index >= 15 is 0 Å². The molecule has 2 atom stereocenters. The average Bonchev–Trinajstić information content (AvgIpc) is 3.58. The number of ether oxygens (including phenoxy) is 2. The summed E-state index contributed by atoms with van der Waals surface area (Å²) in [6.07, 6.45) is -0.217. The van der Waals surface area contributed by atoms with E-state index in [0.717, 1.165) is 55.9 Å². The number of aromatic carboxylic acids is 1. The van der Waals surface area contributed by atoms with Gasteiger partial charge in [-0.1, -0.05) is 29.3 Å². The van der Waals surface area contributed by atoms with Gasteiger partial charge in [0, 0.05) is 53.4 Å². The molecule has 0 fully saturated rings. The van der Waals surface area contributed by atoms with Gasteiger partial charge in [0.25, 0.3) is 18.0 Å². The average molecular weight is 759 g/mol. The third-order valence-electron chi connectivity index (χ3n) is 10.4. The summed E-state index contributed by atoms with van der Waals surface area (Å²) in [5.41, 5.74) is 7.89. The van der Waals surface area contributed by atoms with E-state index in [1.54, 1.807) is 6.07 Å². The molecule has 11 nitrogen and oxygen atoms in total. The van der Waals surface area contributed by atoms with Gasteiger partial charge in [-0.25, -0.2) is 4.79 Å². The molecule has 13 heteroatoms. The molecule has 0 bridgehead atoms. The normalized spacial score (nSPS) is 16.9. The van der Waals surface area contributed by atoms with Crippen LogP contribution in [-0.4, -0.2) is 68.1 Å². The van der Waals surface area contributed by atoms with Crippen LogP contribution in [0.4, 0.5) is 5.69 Å². The van der Waals surface area contributed by atoms with Crippen molar-refractivity contribution in [2.45, 2.75) is 66.7 Å². The lowest BCUT2D eigenvalue weighted by molar-refractivity contribution is -0.134. The van der Waals surface area contributed by atoms with Gasteiger partial charge in [0.05, 0.1) is 34.1 Å². The number of aromatic nitrogens is 3. The van der Waals surface area contributed by atoms with Gasteiger partial charge in [0.15, 0.2) is 0 Å². The number of carbonyl (C=O) groups excluding carboxylic acids is 2. The van der Waals surface area contributed by atoms with Crippen molar-refractivity contribution in [2.75, 3.05) is 24.6 Å². The zero-order chi connectivity index (χ0) is 38.0. The first-order valence-electron chi connectivity index (χ1n) is 17.6. The van der Waals surface area contributed by atoms with Crippen LogP contribution < -0.4 is 14.4 Å². The van der Waals surface area contributed by atoms with Crippen molar-refractivity contribution in [1.82, 2.24) is 19.2 Å². The van der Waals surface area contributed by atoms with Crippen LogP contribution in [-0.2, 0) is 18.3 Å². The first-order chi connectivity index (χ1) is 25.2. The smallest absolute Gasteiger partial charge is 0.335 e. The molecule has 0 spiro atoms. The molecule has 1 N–H and O–H groups in total. The van der Waals surface area contributed by atoms with E-state index < -0.39 is 18.1 Å². The summed E-state index contributed by atoms with van der Waals surface area (Å²) >= 11 is 13.4. The van der Waals surface area contributed by atoms with Crippen LogP contribution in [0, 0.1) is 27.7 Å². The number of hydrogen-bond acceptors (Lipinski definition) is 6. The molecule has 4 heterocycles. The molecule has 3 aromatic carbocycles.